The van der Waals surface area contributed by atoms with Crippen LogP contribution in [0.25, 0.3) is 0 Å². The van der Waals surface area contributed by atoms with Gasteiger partial charge in [-0.05, 0) is 24.3 Å². The number of non-ortho nitro benzene ring substituents is 1. The molecule has 0 aromatic heterocycles. The first-order valence-corrected chi connectivity index (χ1v) is 6.83. The zero-order valence-electron chi connectivity index (χ0n) is 9.70. The van der Waals surface area contributed by atoms with Gasteiger partial charge in [0.15, 0.2) is 5.17 Å². The van der Waals surface area contributed by atoms with Crippen molar-refractivity contribution in [1.82, 2.24) is 0 Å². The molecule has 3 rings (SSSR count). The predicted octanol–water partition coefficient (Wildman–Crippen LogP) is 2.26. The van der Waals surface area contributed by atoms with Gasteiger partial charge in [0, 0.05) is 17.9 Å². The van der Waals surface area contributed by atoms with E-state index in [1.165, 1.54) is 6.07 Å². The number of nitro groups is 1. The Labute approximate surface area is 109 Å². The van der Waals surface area contributed by atoms with Crippen molar-refractivity contribution in [1.29, 1.82) is 0 Å². The molecule has 2 N–H and O–H groups in total. The van der Waals surface area contributed by atoms with Crippen LogP contribution in [0.5, 0.6) is 0 Å². The zero-order valence-corrected chi connectivity index (χ0v) is 10.5. The van der Waals surface area contributed by atoms with Gasteiger partial charge in [0.05, 0.1) is 10.5 Å². The van der Waals surface area contributed by atoms with Gasteiger partial charge in [0.25, 0.3) is 5.69 Å². The normalized spacial score (nSPS) is 30.0. The van der Waals surface area contributed by atoms with Gasteiger partial charge in [-0.1, -0.05) is 23.9 Å². The van der Waals surface area contributed by atoms with Crippen LogP contribution in [0, 0.1) is 16.0 Å². The summed E-state index contributed by atoms with van der Waals surface area (Å²) in [5, 5.41) is 11.4. The lowest BCUT2D eigenvalue weighted by Gasteiger charge is -2.12. The Balaban J connectivity index is 2.02. The van der Waals surface area contributed by atoms with Gasteiger partial charge in [-0.3, -0.25) is 15.1 Å². The van der Waals surface area contributed by atoms with E-state index in [1.807, 2.05) is 6.07 Å². The van der Waals surface area contributed by atoms with E-state index in [-0.39, 0.29) is 16.1 Å². The third kappa shape index (κ3) is 1.77. The fourth-order valence-corrected chi connectivity index (χ4v) is 3.47. The van der Waals surface area contributed by atoms with Crippen LogP contribution in [-0.4, -0.2) is 15.8 Å². The van der Waals surface area contributed by atoms with E-state index in [2.05, 4.69) is 4.99 Å². The molecule has 1 saturated carbocycles. The average molecular weight is 263 g/mol. The number of hydrogen-bond acceptors (Lipinski definition) is 5. The highest BCUT2D eigenvalue weighted by atomic mass is 32.2. The Bertz CT molecular complexity index is 546. The molecule has 0 bridgehead atoms. The van der Waals surface area contributed by atoms with Crippen molar-refractivity contribution in [3.63, 3.8) is 0 Å². The van der Waals surface area contributed by atoms with Gasteiger partial charge in [0.1, 0.15) is 0 Å². The van der Waals surface area contributed by atoms with Crippen LogP contribution in [0.4, 0.5) is 5.69 Å². The fraction of sp³-hybridized carbons (Fsp3) is 0.417. The summed E-state index contributed by atoms with van der Waals surface area (Å²) in [6.45, 7) is 0. The second kappa shape index (κ2) is 3.98. The maximum Gasteiger partial charge on any atom is 0.269 e. The first kappa shape index (κ1) is 11.5. The molecular formula is C12H13N3O2S. The smallest absolute Gasteiger partial charge is 0.269 e. The van der Waals surface area contributed by atoms with Gasteiger partial charge in [0.2, 0.25) is 0 Å². The SMILES string of the molecule is NC1=N[C@@]2(c3cccc([N+](=O)[O-])c3)C[C@H]2CCS1. The number of aliphatic imine (C=N–C) groups is 1. The molecule has 1 aromatic carbocycles. The number of nitro benzene ring substituents is 1. The number of amidine groups is 1. The van der Waals surface area contributed by atoms with Gasteiger partial charge < -0.3 is 5.73 Å². The summed E-state index contributed by atoms with van der Waals surface area (Å²) in [7, 11) is 0. The van der Waals surface area contributed by atoms with E-state index in [0.29, 0.717) is 11.1 Å². The molecule has 6 heteroatoms. The third-order valence-corrected chi connectivity index (χ3v) is 4.48. The summed E-state index contributed by atoms with van der Waals surface area (Å²) in [5.74, 6) is 1.46. The Morgan fingerprint density at radius 3 is 3.17 bits per heavy atom. The van der Waals surface area contributed by atoms with Crippen LogP contribution < -0.4 is 5.73 Å². The number of fused-ring (bicyclic) bond motifs is 1. The molecule has 0 amide bonds. The minimum Gasteiger partial charge on any atom is -0.379 e. The van der Waals surface area contributed by atoms with Crippen LogP contribution in [0.15, 0.2) is 29.3 Å². The molecule has 2 atom stereocenters. The molecule has 5 nitrogen and oxygen atoms in total. The van der Waals surface area contributed by atoms with Gasteiger partial charge in [-0.2, -0.15) is 0 Å². The van der Waals surface area contributed by atoms with Crippen molar-refractivity contribution in [2.75, 3.05) is 5.75 Å². The molecule has 1 heterocycles. The lowest BCUT2D eigenvalue weighted by Crippen LogP contribution is -2.13. The third-order valence-electron chi connectivity index (χ3n) is 3.66. The van der Waals surface area contributed by atoms with Crippen LogP contribution in [0.3, 0.4) is 0 Å². The van der Waals surface area contributed by atoms with E-state index in [0.717, 1.165) is 24.2 Å². The lowest BCUT2D eigenvalue weighted by atomic mass is 10.0. The minimum absolute atomic E-state index is 0.123. The highest BCUT2D eigenvalue weighted by molar-refractivity contribution is 8.13. The van der Waals surface area contributed by atoms with Crippen molar-refractivity contribution in [3.05, 3.63) is 39.9 Å². The summed E-state index contributed by atoms with van der Waals surface area (Å²) in [6, 6.07) is 6.78. The number of benzene rings is 1. The summed E-state index contributed by atoms with van der Waals surface area (Å²) < 4.78 is 0. The second-order valence-corrected chi connectivity index (χ2v) is 5.84. The standard InChI is InChI=1S/C12H13N3O2S/c13-11-14-12(7-9(12)4-5-18-11)8-2-1-3-10(6-8)15(16)17/h1-3,6,9H,4-5,7H2,(H2,13,14)/t9-,12-/m1/s1. The topological polar surface area (TPSA) is 81.5 Å². The molecule has 1 aliphatic carbocycles. The molecule has 18 heavy (non-hydrogen) atoms. The van der Waals surface area contributed by atoms with Crippen molar-refractivity contribution in [3.8, 4) is 0 Å². The second-order valence-electron chi connectivity index (χ2n) is 4.72. The highest BCUT2D eigenvalue weighted by Crippen LogP contribution is 2.59. The average Bonchev–Trinajstić information content (AvgIpc) is 3.04. The molecule has 0 saturated heterocycles. The Morgan fingerprint density at radius 1 is 1.56 bits per heavy atom. The first-order valence-electron chi connectivity index (χ1n) is 5.85. The number of nitrogens with zero attached hydrogens (tertiary/aromatic N) is 2. The van der Waals surface area contributed by atoms with Gasteiger partial charge in [-0.25, -0.2) is 0 Å². The Hall–Kier alpha value is -1.56. The predicted molar refractivity (Wildman–Crippen MR) is 71.6 cm³/mol. The molecule has 94 valence electrons. The van der Waals surface area contributed by atoms with E-state index in [4.69, 9.17) is 5.73 Å². The van der Waals surface area contributed by atoms with Gasteiger partial charge in [-0.15, -0.1) is 0 Å². The molecule has 2 aliphatic rings. The van der Waals surface area contributed by atoms with Crippen LogP contribution in [-0.2, 0) is 5.54 Å². The molecular weight excluding hydrogens is 250 g/mol. The molecule has 0 radical (unpaired) electrons. The maximum absolute atomic E-state index is 10.8. The summed E-state index contributed by atoms with van der Waals surface area (Å²) in [4.78, 5) is 15.0. The Morgan fingerprint density at radius 2 is 2.39 bits per heavy atom. The zero-order chi connectivity index (χ0) is 12.8. The van der Waals surface area contributed by atoms with E-state index < -0.39 is 0 Å². The van der Waals surface area contributed by atoms with Crippen LogP contribution in [0.1, 0.15) is 18.4 Å². The monoisotopic (exact) mass is 263 g/mol. The molecule has 1 aliphatic heterocycles. The lowest BCUT2D eigenvalue weighted by molar-refractivity contribution is -0.384. The van der Waals surface area contributed by atoms with Crippen LogP contribution in [0.2, 0.25) is 0 Å². The van der Waals surface area contributed by atoms with Crippen molar-refractivity contribution >= 4 is 22.6 Å². The van der Waals surface area contributed by atoms with E-state index >= 15 is 0 Å². The summed E-state index contributed by atoms with van der Waals surface area (Å²) >= 11 is 1.57. The van der Waals surface area contributed by atoms with Crippen molar-refractivity contribution in [2.45, 2.75) is 18.4 Å². The largest absolute Gasteiger partial charge is 0.379 e. The molecule has 1 fully saturated rings. The summed E-state index contributed by atoms with van der Waals surface area (Å²) in [5.41, 5.74) is 6.61. The highest BCUT2D eigenvalue weighted by Gasteiger charge is 2.56. The minimum atomic E-state index is -0.365. The van der Waals surface area contributed by atoms with Gasteiger partial charge >= 0.3 is 0 Å². The molecule has 0 spiro atoms. The number of rotatable bonds is 2. The summed E-state index contributed by atoms with van der Waals surface area (Å²) in [6.07, 6.45) is 2.02. The molecule has 1 aromatic rings. The first-order chi connectivity index (χ1) is 8.62. The van der Waals surface area contributed by atoms with Crippen molar-refractivity contribution < 1.29 is 4.92 Å². The van der Waals surface area contributed by atoms with E-state index in [1.54, 1.807) is 23.9 Å². The van der Waals surface area contributed by atoms with Crippen molar-refractivity contribution in [2.24, 2.45) is 16.6 Å². The number of nitrogens with two attached hydrogens (primary N) is 1. The van der Waals surface area contributed by atoms with Crippen LogP contribution >= 0.6 is 11.8 Å². The number of thioether (sulfide) groups is 1. The number of hydrogen-bond donors (Lipinski definition) is 1. The maximum atomic E-state index is 10.8. The molecule has 0 unspecified atom stereocenters. The van der Waals surface area contributed by atoms with E-state index in [9.17, 15) is 10.1 Å². The fourth-order valence-electron chi connectivity index (χ4n) is 2.64. The quantitative estimate of drug-likeness (QED) is 0.655. The Kier molecular flexibility index (Phi) is 2.55.